The van der Waals surface area contributed by atoms with Crippen molar-refractivity contribution in [3.05, 3.63) is 18.2 Å². The molecule has 0 saturated heterocycles. The van der Waals surface area contributed by atoms with Crippen LogP contribution in [0, 0.1) is 11.8 Å². The van der Waals surface area contributed by atoms with Gasteiger partial charge in [-0.05, 0) is 43.2 Å². The minimum absolute atomic E-state index is 0.00115. The van der Waals surface area contributed by atoms with Gasteiger partial charge in [-0.25, -0.2) is 0 Å². The summed E-state index contributed by atoms with van der Waals surface area (Å²) in [4.78, 5) is 0. The molecule has 21 heavy (non-hydrogen) atoms. The summed E-state index contributed by atoms with van der Waals surface area (Å²) in [6, 6.07) is 6.41. The predicted octanol–water partition coefficient (Wildman–Crippen LogP) is 3.30. The summed E-state index contributed by atoms with van der Waals surface area (Å²) < 4.78 is 10.8. The predicted molar refractivity (Wildman–Crippen MR) is 85.2 cm³/mol. The van der Waals surface area contributed by atoms with Crippen LogP contribution in [0.15, 0.2) is 18.2 Å². The van der Waals surface area contributed by atoms with E-state index in [4.69, 9.17) is 14.6 Å². The summed E-state index contributed by atoms with van der Waals surface area (Å²) in [5.41, 5.74) is 1.05. The van der Waals surface area contributed by atoms with Crippen molar-refractivity contribution in [3.63, 3.8) is 0 Å². The van der Waals surface area contributed by atoms with Crippen LogP contribution in [0.5, 0.6) is 11.5 Å². The minimum Gasteiger partial charge on any atom is -0.493 e. The van der Waals surface area contributed by atoms with Gasteiger partial charge in [0.25, 0.3) is 0 Å². The molecule has 1 fully saturated rings. The van der Waals surface area contributed by atoms with Crippen molar-refractivity contribution in [2.45, 2.75) is 39.2 Å². The zero-order valence-corrected chi connectivity index (χ0v) is 13.3. The summed E-state index contributed by atoms with van der Waals surface area (Å²) in [5.74, 6) is 2.95. The Morgan fingerprint density at radius 3 is 2.67 bits per heavy atom. The first-order valence-electron chi connectivity index (χ1n) is 7.82. The van der Waals surface area contributed by atoms with Crippen molar-refractivity contribution in [1.29, 1.82) is 0 Å². The summed E-state index contributed by atoms with van der Waals surface area (Å²) in [5, 5.41) is 12.5. The fraction of sp³-hybridized carbons (Fsp3) is 0.647. The second-order valence-electron chi connectivity index (χ2n) is 6.05. The Morgan fingerprint density at radius 2 is 2.00 bits per heavy atom. The standard InChI is InChI=1S/C17H27NO3/c1-12-4-5-14(10-13(12)2)18-15-6-7-16(20-3)17(11-15)21-9-8-19/h6-7,11-14,18-19H,4-5,8-10H2,1-3H3. The van der Waals surface area contributed by atoms with E-state index in [1.807, 2.05) is 18.2 Å². The molecule has 4 nitrogen and oxygen atoms in total. The van der Waals surface area contributed by atoms with E-state index in [-0.39, 0.29) is 13.2 Å². The molecule has 2 N–H and O–H groups in total. The van der Waals surface area contributed by atoms with E-state index in [9.17, 15) is 0 Å². The maximum Gasteiger partial charge on any atom is 0.163 e. The van der Waals surface area contributed by atoms with Crippen molar-refractivity contribution >= 4 is 5.69 Å². The molecule has 1 aromatic rings. The maximum absolute atomic E-state index is 8.89. The average Bonchev–Trinajstić information content (AvgIpc) is 2.49. The highest BCUT2D eigenvalue weighted by molar-refractivity contribution is 5.55. The first kappa shape index (κ1) is 16.0. The first-order valence-corrected chi connectivity index (χ1v) is 7.82. The van der Waals surface area contributed by atoms with Gasteiger partial charge < -0.3 is 19.9 Å². The van der Waals surface area contributed by atoms with Crippen LogP contribution < -0.4 is 14.8 Å². The van der Waals surface area contributed by atoms with Crippen molar-refractivity contribution in [1.82, 2.24) is 0 Å². The molecule has 118 valence electrons. The molecule has 0 spiro atoms. The van der Waals surface area contributed by atoms with Gasteiger partial charge in [-0.2, -0.15) is 0 Å². The van der Waals surface area contributed by atoms with E-state index in [0.29, 0.717) is 17.5 Å². The summed E-state index contributed by atoms with van der Waals surface area (Å²) in [7, 11) is 1.62. The highest BCUT2D eigenvalue weighted by Gasteiger charge is 2.24. The third-order valence-electron chi connectivity index (χ3n) is 4.48. The quantitative estimate of drug-likeness (QED) is 0.845. The van der Waals surface area contributed by atoms with Gasteiger partial charge in [-0.3, -0.25) is 0 Å². The van der Waals surface area contributed by atoms with Gasteiger partial charge in [0, 0.05) is 17.8 Å². The number of anilines is 1. The first-order chi connectivity index (χ1) is 10.1. The van der Waals surface area contributed by atoms with E-state index in [1.165, 1.54) is 19.3 Å². The Kier molecular flexibility index (Phi) is 5.74. The monoisotopic (exact) mass is 293 g/mol. The zero-order chi connectivity index (χ0) is 15.2. The maximum atomic E-state index is 8.89. The Balaban J connectivity index is 2.02. The Bertz CT molecular complexity index is 450. The van der Waals surface area contributed by atoms with Crippen LogP contribution in [0.1, 0.15) is 33.1 Å². The van der Waals surface area contributed by atoms with Gasteiger partial charge in [-0.15, -0.1) is 0 Å². The van der Waals surface area contributed by atoms with Crippen molar-refractivity contribution in [3.8, 4) is 11.5 Å². The molecule has 0 bridgehead atoms. The van der Waals surface area contributed by atoms with Crippen LogP contribution in [0.4, 0.5) is 5.69 Å². The fourth-order valence-electron chi connectivity index (χ4n) is 2.95. The number of methoxy groups -OCH3 is 1. The third-order valence-corrected chi connectivity index (χ3v) is 4.48. The topological polar surface area (TPSA) is 50.7 Å². The number of benzene rings is 1. The molecule has 0 aliphatic heterocycles. The van der Waals surface area contributed by atoms with Crippen LogP contribution in [0.3, 0.4) is 0 Å². The van der Waals surface area contributed by atoms with Gasteiger partial charge >= 0.3 is 0 Å². The van der Waals surface area contributed by atoms with Crippen LogP contribution in [0.2, 0.25) is 0 Å². The highest BCUT2D eigenvalue weighted by Crippen LogP contribution is 2.34. The zero-order valence-electron chi connectivity index (χ0n) is 13.3. The number of nitrogens with one attached hydrogen (secondary N) is 1. The van der Waals surface area contributed by atoms with Crippen LogP contribution in [-0.4, -0.2) is 31.5 Å². The molecule has 3 unspecified atom stereocenters. The molecule has 0 heterocycles. The van der Waals surface area contributed by atoms with Gasteiger partial charge in [0.2, 0.25) is 0 Å². The molecule has 1 aromatic carbocycles. The average molecular weight is 293 g/mol. The summed E-state index contributed by atoms with van der Waals surface area (Å²) in [6.07, 6.45) is 3.70. The number of aliphatic hydroxyl groups excluding tert-OH is 1. The third kappa shape index (κ3) is 4.27. The van der Waals surface area contributed by atoms with E-state index < -0.39 is 0 Å². The molecule has 2 rings (SSSR count). The SMILES string of the molecule is COc1ccc(NC2CCC(C)C(C)C2)cc1OCCO. The van der Waals surface area contributed by atoms with Crippen molar-refractivity contribution in [2.24, 2.45) is 11.8 Å². The van der Waals surface area contributed by atoms with E-state index in [2.05, 4.69) is 19.2 Å². The van der Waals surface area contributed by atoms with Crippen molar-refractivity contribution < 1.29 is 14.6 Å². The molecular weight excluding hydrogens is 266 g/mol. The number of rotatable bonds is 6. The number of hydrogen-bond acceptors (Lipinski definition) is 4. The van der Waals surface area contributed by atoms with Gasteiger partial charge in [0.15, 0.2) is 11.5 Å². The molecule has 4 heteroatoms. The van der Waals surface area contributed by atoms with Gasteiger partial charge in [0.1, 0.15) is 6.61 Å². The lowest BCUT2D eigenvalue weighted by Gasteiger charge is -2.33. The van der Waals surface area contributed by atoms with E-state index in [1.54, 1.807) is 7.11 Å². The van der Waals surface area contributed by atoms with Gasteiger partial charge in [0.05, 0.1) is 13.7 Å². The second-order valence-corrected chi connectivity index (χ2v) is 6.05. The highest BCUT2D eigenvalue weighted by atomic mass is 16.5. The molecule has 1 aliphatic carbocycles. The van der Waals surface area contributed by atoms with E-state index in [0.717, 1.165) is 17.5 Å². The fourth-order valence-corrected chi connectivity index (χ4v) is 2.95. The summed E-state index contributed by atoms with van der Waals surface area (Å²) in [6.45, 7) is 4.95. The minimum atomic E-state index is -0.00115. The normalized spacial score (nSPS) is 25.4. The smallest absolute Gasteiger partial charge is 0.163 e. The number of hydrogen-bond donors (Lipinski definition) is 2. The molecule has 1 aliphatic rings. The lowest BCUT2D eigenvalue weighted by atomic mass is 9.79. The molecule has 3 atom stereocenters. The van der Waals surface area contributed by atoms with Crippen LogP contribution >= 0.6 is 0 Å². The van der Waals surface area contributed by atoms with Crippen LogP contribution in [-0.2, 0) is 0 Å². The van der Waals surface area contributed by atoms with E-state index >= 15 is 0 Å². The Morgan fingerprint density at radius 1 is 1.19 bits per heavy atom. The molecular formula is C17H27NO3. The van der Waals surface area contributed by atoms with Gasteiger partial charge in [-0.1, -0.05) is 13.8 Å². The second kappa shape index (κ2) is 7.55. The van der Waals surface area contributed by atoms with Crippen LogP contribution in [0.25, 0.3) is 0 Å². The molecule has 0 aromatic heterocycles. The number of aliphatic hydroxyl groups is 1. The molecule has 0 radical (unpaired) electrons. The Labute approximate surface area is 127 Å². The number of ether oxygens (including phenoxy) is 2. The van der Waals surface area contributed by atoms with Crippen molar-refractivity contribution in [2.75, 3.05) is 25.6 Å². The Hall–Kier alpha value is -1.42. The largest absolute Gasteiger partial charge is 0.493 e. The summed E-state index contributed by atoms with van der Waals surface area (Å²) >= 11 is 0. The lowest BCUT2D eigenvalue weighted by molar-refractivity contribution is 0.196. The molecule has 1 saturated carbocycles. The molecule has 0 amide bonds. The lowest BCUT2D eigenvalue weighted by Crippen LogP contribution is -2.30.